The van der Waals surface area contributed by atoms with E-state index >= 15 is 0 Å². The van der Waals surface area contributed by atoms with Crippen LogP contribution in [0.5, 0.6) is 0 Å². The van der Waals surface area contributed by atoms with E-state index in [2.05, 4.69) is 20.8 Å². The Morgan fingerprint density at radius 3 is 2.90 bits per heavy atom. The zero-order valence-corrected chi connectivity index (χ0v) is 12.5. The largest absolute Gasteiger partial charge is 0.326 e. The second kappa shape index (κ2) is 5.58. The maximum absolute atomic E-state index is 11.0. The maximum atomic E-state index is 11.0. The van der Waals surface area contributed by atoms with Gasteiger partial charge in [0.25, 0.3) is 5.69 Å². The van der Waals surface area contributed by atoms with Crippen molar-refractivity contribution in [1.82, 2.24) is 9.97 Å². The minimum atomic E-state index is -0.418. The molecule has 1 N–H and O–H groups in total. The normalized spacial score (nSPS) is 10.5. The van der Waals surface area contributed by atoms with Crippen LogP contribution in [0.25, 0.3) is 10.6 Å². The Balaban J connectivity index is 1.89. The van der Waals surface area contributed by atoms with Crippen molar-refractivity contribution in [1.29, 1.82) is 0 Å². The fraction of sp³-hybridized carbons (Fsp3) is 0.0769. The molecule has 6 nitrogen and oxygen atoms in total. The van der Waals surface area contributed by atoms with E-state index in [9.17, 15) is 10.1 Å². The number of nitro benzene ring substituents is 1. The van der Waals surface area contributed by atoms with E-state index in [-0.39, 0.29) is 5.69 Å². The van der Waals surface area contributed by atoms with Gasteiger partial charge in [-0.3, -0.25) is 10.1 Å². The average Bonchev–Trinajstić information content (AvgIpc) is 3.08. The van der Waals surface area contributed by atoms with Crippen molar-refractivity contribution in [3.63, 3.8) is 0 Å². The number of anilines is 2. The third-order valence-corrected chi connectivity index (χ3v) is 4.42. The lowest BCUT2D eigenvalue weighted by Crippen LogP contribution is -1.96. The van der Waals surface area contributed by atoms with Crippen LogP contribution in [0.15, 0.2) is 29.6 Å². The van der Waals surface area contributed by atoms with Crippen molar-refractivity contribution in [2.45, 2.75) is 6.92 Å². The van der Waals surface area contributed by atoms with Gasteiger partial charge < -0.3 is 5.32 Å². The fourth-order valence-electron chi connectivity index (χ4n) is 1.79. The quantitative estimate of drug-likeness (QED) is 0.580. The first kappa shape index (κ1) is 13.7. The van der Waals surface area contributed by atoms with E-state index in [1.807, 2.05) is 12.3 Å². The highest BCUT2D eigenvalue weighted by Crippen LogP contribution is 2.33. The number of rotatable bonds is 4. The molecule has 3 rings (SSSR count). The molecule has 0 unspecified atom stereocenters. The van der Waals surface area contributed by atoms with E-state index in [0.717, 1.165) is 16.3 Å². The molecule has 105 valence electrons. The van der Waals surface area contributed by atoms with Crippen molar-refractivity contribution in [3.8, 4) is 10.6 Å². The fourth-order valence-corrected chi connectivity index (χ4v) is 3.25. The number of nitrogens with zero attached hydrogens (tertiary/aromatic N) is 3. The van der Waals surface area contributed by atoms with Crippen molar-refractivity contribution >= 4 is 39.2 Å². The first-order valence-electron chi connectivity index (χ1n) is 5.95. The number of benzene rings is 1. The minimum Gasteiger partial charge on any atom is -0.326 e. The van der Waals surface area contributed by atoms with Gasteiger partial charge >= 0.3 is 0 Å². The number of hydrogen-bond donors (Lipinski definition) is 1. The third kappa shape index (κ3) is 2.76. The summed E-state index contributed by atoms with van der Waals surface area (Å²) in [6.07, 6.45) is 0. The molecule has 21 heavy (non-hydrogen) atoms. The molecule has 0 fully saturated rings. The van der Waals surface area contributed by atoms with Gasteiger partial charge in [-0.2, -0.15) is 0 Å². The lowest BCUT2D eigenvalue weighted by Gasteiger charge is -2.02. The first-order chi connectivity index (χ1) is 10.1. The van der Waals surface area contributed by atoms with Crippen LogP contribution in [-0.2, 0) is 0 Å². The molecule has 3 aromatic rings. The summed E-state index contributed by atoms with van der Waals surface area (Å²) < 4.78 is 0. The van der Waals surface area contributed by atoms with Gasteiger partial charge in [0, 0.05) is 11.4 Å². The Hall–Kier alpha value is -2.32. The molecular formula is C13H9N4O2S2. The number of nitrogens with one attached hydrogen (secondary N) is 1. The predicted octanol–water partition coefficient (Wildman–Crippen LogP) is 4.03. The van der Waals surface area contributed by atoms with Gasteiger partial charge in [0.2, 0.25) is 0 Å². The van der Waals surface area contributed by atoms with Gasteiger partial charge in [-0.15, -0.1) is 22.7 Å². The molecule has 8 heteroatoms. The van der Waals surface area contributed by atoms with Crippen LogP contribution in [-0.4, -0.2) is 14.9 Å². The molecule has 2 aromatic heterocycles. The number of para-hydroxylation sites is 2. The molecule has 0 bridgehead atoms. The molecule has 0 amide bonds. The molecule has 0 aliphatic carbocycles. The van der Waals surface area contributed by atoms with E-state index in [4.69, 9.17) is 0 Å². The van der Waals surface area contributed by atoms with Crippen LogP contribution in [0.4, 0.5) is 16.5 Å². The summed E-state index contributed by atoms with van der Waals surface area (Å²) in [6.45, 7) is 1.90. The van der Waals surface area contributed by atoms with Crippen molar-refractivity contribution < 1.29 is 4.92 Å². The van der Waals surface area contributed by atoms with Crippen LogP contribution in [0.1, 0.15) is 5.69 Å². The van der Waals surface area contributed by atoms with E-state index in [0.29, 0.717) is 10.8 Å². The van der Waals surface area contributed by atoms with Gasteiger partial charge in [0.1, 0.15) is 5.69 Å². The van der Waals surface area contributed by atoms with Crippen molar-refractivity contribution in [2.24, 2.45) is 0 Å². The highest BCUT2D eigenvalue weighted by Gasteiger charge is 2.15. The summed E-state index contributed by atoms with van der Waals surface area (Å²) in [5.74, 6) is 0. The molecule has 1 aromatic carbocycles. The number of aryl methyl sites for hydroxylation is 1. The Kier molecular flexibility index (Phi) is 3.63. The summed E-state index contributed by atoms with van der Waals surface area (Å²) in [6, 6.07) is 6.49. The van der Waals surface area contributed by atoms with Gasteiger partial charge in [0.15, 0.2) is 10.6 Å². The summed E-state index contributed by atoms with van der Waals surface area (Å²) in [5.41, 5.74) is 4.96. The third-order valence-electron chi connectivity index (χ3n) is 2.77. The average molecular weight is 317 g/mol. The molecule has 0 aliphatic rings. The van der Waals surface area contributed by atoms with E-state index in [1.165, 1.54) is 28.7 Å². The molecule has 0 saturated carbocycles. The zero-order valence-electron chi connectivity index (χ0n) is 10.9. The summed E-state index contributed by atoms with van der Waals surface area (Å²) in [5, 5.41) is 16.5. The van der Waals surface area contributed by atoms with Gasteiger partial charge in [0.05, 0.1) is 21.2 Å². The lowest BCUT2D eigenvalue weighted by atomic mass is 10.3. The number of aromatic nitrogens is 2. The van der Waals surface area contributed by atoms with Crippen molar-refractivity contribution in [3.05, 3.63) is 51.0 Å². The molecule has 0 saturated heterocycles. The second-order valence-corrected chi connectivity index (χ2v) is 5.81. The van der Waals surface area contributed by atoms with Crippen LogP contribution in [0, 0.1) is 22.5 Å². The minimum absolute atomic E-state index is 0.0246. The number of thiazole rings is 2. The van der Waals surface area contributed by atoms with Crippen LogP contribution in [0.2, 0.25) is 0 Å². The second-order valence-electron chi connectivity index (χ2n) is 4.16. The number of nitro groups is 1. The lowest BCUT2D eigenvalue weighted by molar-refractivity contribution is -0.383. The van der Waals surface area contributed by atoms with Crippen molar-refractivity contribution in [2.75, 3.05) is 5.32 Å². The molecule has 0 spiro atoms. The molecular weight excluding hydrogens is 308 g/mol. The summed E-state index contributed by atoms with van der Waals surface area (Å²) in [7, 11) is 0. The van der Waals surface area contributed by atoms with Crippen LogP contribution in [0.3, 0.4) is 0 Å². The highest BCUT2D eigenvalue weighted by atomic mass is 32.1. The standard InChI is InChI=1S/C13H9N4O2S2/c1-8-12(21-7-14-8)10-6-20-13(16-10)15-9-4-2-3-5-11(9)17(18)19/h2-6H,1H3,(H,15,16). The Morgan fingerprint density at radius 1 is 1.38 bits per heavy atom. The van der Waals surface area contributed by atoms with Gasteiger partial charge in [-0.05, 0) is 13.0 Å². The van der Waals surface area contributed by atoms with Gasteiger partial charge in [-0.25, -0.2) is 9.97 Å². The Bertz CT molecular complexity index is 797. The van der Waals surface area contributed by atoms with E-state index in [1.54, 1.807) is 18.2 Å². The molecule has 0 atom stereocenters. The van der Waals surface area contributed by atoms with Crippen LogP contribution >= 0.6 is 22.7 Å². The zero-order chi connectivity index (χ0) is 14.8. The monoisotopic (exact) mass is 317 g/mol. The Morgan fingerprint density at radius 2 is 2.19 bits per heavy atom. The SMILES string of the molecule is Cc1n[c]sc1-c1csc(Nc2ccccc2[N+](=O)[O-])n1. The van der Waals surface area contributed by atoms with Crippen LogP contribution < -0.4 is 5.32 Å². The molecule has 0 aliphatic heterocycles. The highest BCUT2D eigenvalue weighted by molar-refractivity contribution is 7.15. The molecule has 2 heterocycles. The first-order valence-corrected chi connectivity index (χ1v) is 7.64. The number of hydrogen-bond acceptors (Lipinski definition) is 7. The van der Waals surface area contributed by atoms with E-state index < -0.39 is 4.92 Å². The van der Waals surface area contributed by atoms with Gasteiger partial charge in [-0.1, -0.05) is 12.1 Å². The molecule has 1 radical (unpaired) electrons. The Labute approximate surface area is 128 Å². The smallest absolute Gasteiger partial charge is 0.292 e. The summed E-state index contributed by atoms with van der Waals surface area (Å²) >= 11 is 2.79. The summed E-state index contributed by atoms with van der Waals surface area (Å²) in [4.78, 5) is 20.0. The predicted molar refractivity (Wildman–Crippen MR) is 83.2 cm³/mol. The topological polar surface area (TPSA) is 81.0 Å². The maximum Gasteiger partial charge on any atom is 0.292 e.